The molecule has 39 heavy (non-hydrogen) atoms. The van der Waals surface area contributed by atoms with Gasteiger partial charge in [0, 0.05) is 24.3 Å². The van der Waals surface area contributed by atoms with E-state index in [1.807, 2.05) is 5.32 Å². The molecule has 0 spiro atoms. The lowest BCUT2D eigenvalue weighted by molar-refractivity contribution is -0.385. The molecule has 4 amide bonds. The number of hydrogen-bond donors (Lipinski definition) is 1. The van der Waals surface area contributed by atoms with Gasteiger partial charge in [0.2, 0.25) is 0 Å². The molecule has 0 aromatic heterocycles. The van der Waals surface area contributed by atoms with E-state index in [0.29, 0.717) is 10.5 Å². The monoisotopic (exact) mass is 552 g/mol. The third-order valence-corrected chi connectivity index (χ3v) is 5.77. The lowest BCUT2D eigenvalue weighted by Crippen LogP contribution is -2.54. The van der Waals surface area contributed by atoms with Gasteiger partial charge >= 0.3 is 6.03 Å². The number of methoxy groups -OCH3 is 1. The summed E-state index contributed by atoms with van der Waals surface area (Å²) in [6.07, 6.45) is 1.18. The third kappa shape index (κ3) is 5.67. The van der Waals surface area contributed by atoms with Gasteiger partial charge in [0.25, 0.3) is 23.2 Å². The third-order valence-electron chi connectivity index (χ3n) is 5.49. The minimum Gasteiger partial charge on any atom is -0.493 e. The Balaban J connectivity index is 1.62. The summed E-state index contributed by atoms with van der Waals surface area (Å²) in [6, 6.07) is 12.3. The second kappa shape index (κ2) is 11.0. The zero-order valence-corrected chi connectivity index (χ0v) is 20.7. The summed E-state index contributed by atoms with van der Waals surface area (Å²) in [4.78, 5) is 59.4. The van der Waals surface area contributed by atoms with Crippen LogP contribution in [0, 0.1) is 20.2 Å². The normalized spacial score (nSPS) is 14.3. The van der Waals surface area contributed by atoms with E-state index < -0.39 is 33.3 Å². The Morgan fingerprint density at radius 1 is 0.974 bits per heavy atom. The van der Waals surface area contributed by atoms with Gasteiger partial charge in [-0.3, -0.25) is 35.1 Å². The number of carbonyl (C=O) groups excluding carboxylic acids is 3. The van der Waals surface area contributed by atoms with Gasteiger partial charge in [0.05, 0.1) is 27.7 Å². The van der Waals surface area contributed by atoms with Crippen molar-refractivity contribution in [1.82, 2.24) is 5.32 Å². The van der Waals surface area contributed by atoms with Crippen molar-refractivity contribution in [3.05, 3.63) is 103 Å². The van der Waals surface area contributed by atoms with Crippen molar-refractivity contribution in [2.24, 2.45) is 0 Å². The van der Waals surface area contributed by atoms with Crippen molar-refractivity contribution in [2.45, 2.75) is 6.61 Å². The summed E-state index contributed by atoms with van der Waals surface area (Å²) in [5, 5.41) is 24.1. The molecule has 1 saturated heterocycles. The number of nitro benzene ring substituents is 2. The van der Waals surface area contributed by atoms with Crippen molar-refractivity contribution in [3.8, 4) is 11.5 Å². The molecule has 0 bridgehead atoms. The average Bonchev–Trinajstić information content (AvgIpc) is 2.90. The first-order chi connectivity index (χ1) is 18.6. The van der Waals surface area contributed by atoms with Crippen LogP contribution in [-0.4, -0.2) is 34.8 Å². The number of rotatable bonds is 8. The average molecular weight is 553 g/mol. The molecule has 3 aromatic carbocycles. The fraction of sp³-hybridized carbons (Fsp3) is 0.0800. The Morgan fingerprint density at radius 2 is 1.67 bits per heavy atom. The number of halogens is 1. The Morgan fingerprint density at radius 3 is 2.31 bits per heavy atom. The summed E-state index contributed by atoms with van der Waals surface area (Å²) < 4.78 is 11.1. The molecule has 0 saturated carbocycles. The molecule has 1 N–H and O–H groups in total. The van der Waals surface area contributed by atoms with Crippen molar-refractivity contribution in [2.75, 3.05) is 12.0 Å². The Kier molecular flexibility index (Phi) is 7.53. The molecular weight excluding hydrogens is 536 g/mol. The largest absolute Gasteiger partial charge is 0.493 e. The molecule has 0 unspecified atom stereocenters. The van der Waals surface area contributed by atoms with Gasteiger partial charge in [0.1, 0.15) is 12.2 Å². The molecule has 1 fully saturated rings. The van der Waals surface area contributed by atoms with Gasteiger partial charge in [-0.15, -0.1) is 0 Å². The van der Waals surface area contributed by atoms with E-state index in [0.717, 1.165) is 6.07 Å². The topological polar surface area (TPSA) is 171 Å². The SMILES string of the molecule is COc1cc(/C=C2\C(=O)NC(=O)N(c3cccc([N+](=O)[O-])c3)C2=O)cc(Cl)c1OCc1ccc([N+](=O)[O-])cc1. The maximum absolute atomic E-state index is 13.1. The first-order valence-corrected chi connectivity index (χ1v) is 11.4. The molecule has 1 aliphatic heterocycles. The quantitative estimate of drug-likeness (QED) is 0.184. The summed E-state index contributed by atoms with van der Waals surface area (Å²) >= 11 is 6.39. The number of non-ortho nitro benzene ring substituents is 2. The molecule has 0 aliphatic carbocycles. The van der Waals surface area contributed by atoms with Gasteiger partial charge < -0.3 is 9.47 Å². The number of urea groups is 1. The van der Waals surface area contributed by atoms with Crippen LogP contribution in [0.25, 0.3) is 6.08 Å². The molecule has 4 rings (SSSR count). The predicted octanol–water partition coefficient (Wildman–Crippen LogP) is 4.41. The van der Waals surface area contributed by atoms with Crippen LogP contribution in [-0.2, 0) is 16.2 Å². The number of nitrogens with zero attached hydrogens (tertiary/aromatic N) is 3. The Bertz CT molecular complexity index is 1550. The van der Waals surface area contributed by atoms with Gasteiger partial charge in [-0.1, -0.05) is 17.7 Å². The molecule has 1 heterocycles. The van der Waals surface area contributed by atoms with E-state index in [2.05, 4.69) is 0 Å². The van der Waals surface area contributed by atoms with Crippen LogP contribution >= 0.6 is 11.6 Å². The number of imide groups is 2. The van der Waals surface area contributed by atoms with E-state index in [4.69, 9.17) is 21.1 Å². The molecule has 0 radical (unpaired) electrons. The van der Waals surface area contributed by atoms with Gasteiger partial charge in [-0.2, -0.15) is 0 Å². The van der Waals surface area contributed by atoms with E-state index in [-0.39, 0.29) is 45.8 Å². The number of nitro groups is 2. The standard InChI is InChI=1S/C25H17ClN4O9/c1-38-21-11-15(10-20(26)22(21)39-13-14-5-7-16(8-6-14)29(34)35)9-19-23(31)27-25(33)28(24(19)32)17-3-2-4-18(12-17)30(36)37/h2-12H,13H2,1H3,(H,27,31,33)/b19-9+. The Hall–Kier alpha value is -5.30. The van der Waals surface area contributed by atoms with Crippen molar-refractivity contribution in [1.29, 1.82) is 0 Å². The van der Waals surface area contributed by atoms with Crippen molar-refractivity contribution in [3.63, 3.8) is 0 Å². The first kappa shape index (κ1) is 26.8. The number of hydrogen-bond acceptors (Lipinski definition) is 9. The second-order valence-electron chi connectivity index (χ2n) is 7.98. The molecule has 13 nitrogen and oxygen atoms in total. The van der Waals surface area contributed by atoms with E-state index in [1.165, 1.54) is 67.8 Å². The highest BCUT2D eigenvalue weighted by atomic mass is 35.5. The minimum atomic E-state index is -1.06. The van der Waals surface area contributed by atoms with Crippen LogP contribution < -0.4 is 19.7 Å². The van der Waals surface area contributed by atoms with Crippen LogP contribution in [0.2, 0.25) is 5.02 Å². The van der Waals surface area contributed by atoms with E-state index in [9.17, 15) is 34.6 Å². The van der Waals surface area contributed by atoms with Gasteiger partial charge in [-0.05, 0) is 47.5 Å². The number of amides is 4. The number of ether oxygens (including phenoxy) is 2. The number of carbonyl (C=O) groups is 3. The fourth-order valence-corrected chi connectivity index (χ4v) is 3.91. The number of benzene rings is 3. The Labute approximate surface area is 224 Å². The molecule has 14 heteroatoms. The highest BCUT2D eigenvalue weighted by Gasteiger charge is 2.37. The first-order valence-electron chi connectivity index (χ1n) is 11.0. The smallest absolute Gasteiger partial charge is 0.335 e. The van der Waals surface area contributed by atoms with E-state index in [1.54, 1.807) is 0 Å². The maximum atomic E-state index is 13.1. The lowest BCUT2D eigenvalue weighted by Gasteiger charge is -2.26. The number of anilines is 1. The van der Waals surface area contributed by atoms with Crippen LogP contribution in [0.5, 0.6) is 11.5 Å². The minimum absolute atomic E-state index is 0.00961. The highest BCUT2D eigenvalue weighted by molar-refractivity contribution is 6.39. The van der Waals surface area contributed by atoms with Crippen LogP contribution in [0.15, 0.2) is 66.2 Å². The molecule has 0 atom stereocenters. The molecular formula is C25H17ClN4O9. The second-order valence-corrected chi connectivity index (χ2v) is 8.39. The summed E-state index contributed by atoms with van der Waals surface area (Å²) in [7, 11) is 1.35. The highest BCUT2D eigenvalue weighted by Crippen LogP contribution is 2.38. The van der Waals surface area contributed by atoms with Crippen LogP contribution in [0.1, 0.15) is 11.1 Å². The van der Waals surface area contributed by atoms with Crippen LogP contribution in [0.3, 0.4) is 0 Å². The fourth-order valence-electron chi connectivity index (χ4n) is 3.64. The van der Waals surface area contributed by atoms with Crippen molar-refractivity contribution < 1.29 is 33.7 Å². The number of nitrogens with one attached hydrogen (secondary N) is 1. The molecule has 198 valence electrons. The number of barbiturate groups is 1. The lowest BCUT2D eigenvalue weighted by atomic mass is 10.1. The zero-order chi connectivity index (χ0) is 28.3. The summed E-state index contributed by atoms with van der Waals surface area (Å²) in [6.45, 7) is 0.00961. The summed E-state index contributed by atoms with van der Waals surface area (Å²) in [5.41, 5.74) is -0.0729. The van der Waals surface area contributed by atoms with Crippen LogP contribution in [0.4, 0.5) is 21.9 Å². The predicted molar refractivity (Wildman–Crippen MR) is 138 cm³/mol. The molecule has 1 aliphatic rings. The van der Waals surface area contributed by atoms with Gasteiger partial charge in [0.15, 0.2) is 11.5 Å². The van der Waals surface area contributed by atoms with Crippen molar-refractivity contribution >= 4 is 52.6 Å². The zero-order valence-electron chi connectivity index (χ0n) is 20.0. The van der Waals surface area contributed by atoms with E-state index >= 15 is 0 Å². The van der Waals surface area contributed by atoms with Gasteiger partial charge in [-0.25, -0.2) is 9.69 Å². The summed E-state index contributed by atoms with van der Waals surface area (Å²) in [5.74, 6) is -1.67. The molecule has 3 aromatic rings. The maximum Gasteiger partial charge on any atom is 0.335 e.